The van der Waals surface area contributed by atoms with Crippen LogP contribution < -0.4 is 11.1 Å². The zero-order valence-electron chi connectivity index (χ0n) is 11.8. The number of carbonyl (C=O) groups is 1. The maximum Gasteiger partial charge on any atom is 0.240 e. The molecule has 0 fully saturated rings. The molecule has 0 aliphatic carbocycles. The smallest absolute Gasteiger partial charge is 0.240 e. The number of amides is 1. The maximum atomic E-state index is 12.6. The molecule has 3 N–H and O–H groups in total. The second-order valence-corrected chi connectivity index (χ2v) is 7.06. The highest BCUT2D eigenvalue weighted by atomic mass is 35.5. The van der Waals surface area contributed by atoms with Crippen LogP contribution in [0.2, 0.25) is 5.02 Å². The lowest BCUT2D eigenvalue weighted by Gasteiger charge is -2.10. The van der Waals surface area contributed by atoms with Crippen molar-refractivity contribution in [2.75, 3.05) is 5.32 Å². The largest absolute Gasteiger partial charge is 0.325 e. The fraction of sp³-hybridized carbons (Fsp3) is 0.133. The number of halogens is 1. The van der Waals surface area contributed by atoms with Crippen molar-refractivity contribution in [3.05, 3.63) is 53.6 Å². The van der Waals surface area contributed by atoms with E-state index in [1.807, 2.05) is 0 Å². The number of carbonyl (C=O) groups excluding carboxylic acids is 1. The molecule has 2 rings (SSSR count). The van der Waals surface area contributed by atoms with Gasteiger partial charge in [-0.15, -0.1) is 0 Å². The van der Waals surface area contributed by atoms with Crippen LogP contribution in [0.1, 0.15) is 6.92 Å². The van der Waals surface area contributed by atoms with Gasteiger partial charge in [-0.3, -0.25) is 4.79 Å². The number of nitrogens with one attached hydrogen (secondary N) is 1. The number of anilines is 1. The summed E-state index contributed by atoms with van der Waals surface area (Å²) < 4.78 is 25.2. The average Bonchev–Trinajstić information content (AvgIpc) is 2.47. The number of benzene rings is 2. The summed E-state index contributed by atoms with van der Waals surface area (Å²) in [6.07, 6.45) is 0. The number of hydrogen-bond donors (Lipinski definition) is 2. The molecule has 116 valence electrons. The van der Waals surface area contributed by atoms with E-state index in [-0.39, 0.29) is 14.8 Å². The summed E-state index contributed by atoms with van der Waals surface area (Å²) in [4.78, 5) is 11.7. The van der Waals surface area contributed by atoms with Crippen LogP contribution in [-0.2, 0) is 14.6 Å². The van der Waals surface area contributed by atoms with Gasteiger partial charge in [-0.25, -0.2) is 8.42 Å². The summed E-state index contributed by atoms with van der Waals surface area (Å²) in [6, 6.07) is 11.5. The molecule has 0 saturated carbocycles. The second-order valence-electron chi connectivity index (χ2n) is 4.74. The Morgan fingerprint density at radius 3 is 2.50 bits per heavy atom. The van der Waals surface area contributed by atoms with E-state index < -0.39 is 21.8 Å². The van der Waals surface area contributed by atoms with E-state index in [2.05, 4.69) is 5.32 Å². The van der Waals surface area contributed by atoms with E-state index in [0.29, 0.717) is 5.69 Å². The Balaban J connectivity index is 2.41. The minimum atomic E-state index is -3.76. The monoisotopic (exact) mass is 338 g/mol. The Morgan fingerprint density at radius 1 is 1.18 bits per heavy atom. The molecule has 0 aromatic heterocycles. The van der Waals surface area contributed by atoms with Gasteiger partial charge in [0.15, 0.2) is 0 Å². The summed E-state index contributed by atoms with van der Waals surface area (Å²) in [6.45, 7) is 1.54. The SMILES string of the molecule is CC(N)C(=O)Nc1cccc(S(=O)(=O)c2ccccc2Cl)c1. The Kier molecular flexibility index (Phi) is 4.85. The van der Waals surface area contributed by atoms with Gasteiger partial charge in [0.1, 0.15) is 0 Å². The second kappa shape index (κ2) is 6.48. The average molecular weight is 339 g/mol. The topological polar surface area (TPSA) is 89.3 Å². The highest BCUT2D eigenvalue weighted by Crippen LogP contribution is 2.28. The molecule has 0 aliphatic heterocycles. The zero-order valence-corrected chi connectivity index (χ0v) is 13.4. The molecule has 1 atom stereocenters. The van der Waals surface area contributed by atoms with Crippen LogP contribution in [0, 0.1) is 0 Å². The number of sulfone groups is 1. The van der Waals surface area contributed by atoms with E-state index in [1.165, 1.54) is 24.3 Å². The lowest BCUT2D eigenvalue weighted by atomic mass is 10.3. The van der Waals surface area contributed by atoms with Gasteiger partial charge in [-0.1, -0.05) is 29.8 Å². The first-order chi connectivity index (χ1) is 10.3. The number of nitrogens with two attached hydrogens (primary N) is 1. The quantitative estimate of drug-likeness (QED) is 0.896. The number of rotatable bonds is 4. The van der Waals surface area contributed by atoms with Crippen molar-refractivity contribution < 1.29 is 13.2 Å². The molecule has 22 heavy (non-hydrogen) atoms. The van der Waals surface area contributed by atoms with Gasteiger partial charge < -0.3 is 11.1 Å². The molecule has 0 spiro atoms. The van der Waals surface area contributed by atoms with Crippen LogP contribution in [0.15, 0.2) is 58.3 Å². The van der Waals surface area contributed by atoms with Gasteiger partial charge in [-0.05, 0) is 37.3 Å². The van der Waals surface area contributed by atoms with Crippen LogP contribution in [0.4, 0.5) is 5.69 Å². The third-order valence-corrected chi connectivity index (χ3v) is 5.20. The van der Waals surface area contributed by atoms with Crippen molar-refractivity contribution in [2.24, 2.45) is 5.73 Å². The van der Waals surface area contributed by atoms with Gasteiger partial charge in [0.25, 0.3) is 0 Å². The molecular weight excluding hydrogens is 324 g/mol. The third-order valence-electron chi connectivity index (χ3n) is 2.95. The maximum absolute atomic E-state index is 12.6. The summed E-state index contributed by atoms with van der Waals surface area (Å²) in [5.41, 5.74) is 5.83. The Labute approximate surface area is 134 Å². The molecule has 1 amide bonds. The molecule has 0 saturated heterocycles. The summed E-state index contributed by atoms with van der Waals surface area (Å²) in [5, 5.41) is 2.70. The Bertz CT molecular complexity index is 804. The molecule has 2 aromatic rings. The van der Waals surface area contributed by atoms with Gasteiger partial charge in [0.2, 0.25) is 15.7 Å². The number of hydrogen-bond acceptors (Lipinski definition) is 4. The molecule has 0 bridgehead atoms. The van der Waals surface area contributed by atoms with Gasteiger partial charge in [-0.2, -0.15) is 0 Å². The molecule has 7 heteroatoms. The van der Waals surface area contributed by atoms with Crippen LogP contribution >= 0.6 is 11.6 Å². The minimum Gasteiger partial charge on any atom is -0.325 e. The van der Waals surface area contributed by atoms with Gasteiger partial charge in [0.05, 0.1) is 20.9 Å². The van der Waals surface area contributed by atoms with E-state index in [1.54, 1.807) is 31.2 Å². The van der Waals surface area contributed by atoms with Crippen LogP contribution in [0.25, 0.3) is 0 Å². The van der Waals surface area contributed by atoms with Crippen LogP contribution in [0.3, 0.4) is 0 Å². The summed E-state index contributed by atoms with van der Waals surface area (Å²) >= 11 is 5.96. The van der Waals surface area contributed by atoms with Crippen LogP contribution in [-0.4, -0.2) is 20.4 Å². The van der Waals surface area contributed by atoms with Gasteiger partial charge >= 0.3 is 0 Å². The predicted molar refractivity (Wildman–Crippen MR) is 85.6 cm³/mol. The summed E-state index contributed by atoms with van der Waals surface area (Å²) in [5.74, 6) is -0.396. The van der Waals surface area contributed by atoms with Crippen LogP contribution in [0.5, 0.6) is 0 Å². The molecule has 2 aromatic carbocycles. The summed E-state index contributed by atoms with van der Waals surface area (Å²) in [7, 11) is -3.76. The molecule has 5 nitrogen and oxygen atoms in total. The van der Waals surface area contributed by atoms with E-state index in [4.69, 9.17) is 17.3 Å². The third kappa shape index (κ3) is 3.47. The van der Waals surface area contributed by atoms with E-state index in [0.717, 1.165) is 0 Å². The first-order valence-corrected chi connectivity index (χ1v) is 8.34. The first kappa shape index (κ1) is 16.5. The highest BCUT2D eigenvalue weighted by molar-refractivity contribution is 7.91. The first-order valence-electron chi connectivity index (χ1n) is 6.48. The predicted octanol–water partition coefficient (Wildman–Crippen LogP) is 2.46. The lowest BCUT2D eigenvalue weighted by Crippen LogP contribution is -2.32. The van der Waals surface area contributed by atoms with Crippen molar-refractivity contribution >= 4 is 33.0 Å². The zero-order chi connectivity index (χ0) is 16.3. The normalized spacial score (nSPS) is 12.7. The molecule has 1 unspecified atom stereocenters. The van der Waals surface area contributed by atoms with Crippen molar-refractivity contribution in [1.29, 1.82) is 0 Å². The van der Waals surface area contributed by atoms with Crippen molar-refractivity contribution in [3.63, 3.8) is 0 Å². The standard InChI is InChI=1S/C15H15ClN2O3S/c1-10(17)15(19)18-11-5-4-6-12(9-11)22(20,21)14-8-3-2-7-13(14)16/h2-10H,17H2,1H3,(H,18,19). The fourth-order valence-electron chi connectivity index (χ4n) is 1.79. The molecule has 0 aliphatic rings. The molecule has 0 radical (unpaired) electrons. The highest BCUT2D eigenvalue weighted by Gasteiger charge is 2.21. The lowest BCUT2D eigenvalue weighted by molar-refractivity contribution is -0.117. The molecule has 0 heterocycles. The Morgan fingerprint density at radius 2 is 1.86 bits per heavy atom. The van der Waals surface area contributed by atoms with Crippen molar-refractivity contribution in [3.8, 4) is 0 Å². The minimum absolute atomic E-state index is 0.0207. The fourth-order valence-corrected chi connectivity index (χ4v) is 3.60. The van der Waals surface area contributed by atoms with E-state index >= 15 is 0 Å². The van der Waals surface area contributed by atoms with E-state index in [9.17, 15) is 13.2 Å². The Hall–Kier alpha value is -1.89. The van der Waals surface area contributed by atoms with Crippen molar-refractivity contribution in [2.45, 2.75) is 22.8 Å². The van der Waals surface area contributed by atoms with Crippen molar-refractivity contribution in [1.82, 2.24) is 0 Å². The van der Waals surface area contributed by atoms with Gasteiger partial charge in [0, 0.05) is 5.69 Å². The molecular formula is C15H15ClN2O3S.